The maximum Gasteiger partial charge on any atom is 0.408 e. The van der Waals surface area contributed by atoms with Gasteiger partial charge in [0.15, 0.2) is 0 Å². The minimum Gasteiger partial charge on any atom is -0.495 e. The number of methoxy groups -OCH3 is 1. The van der Waals surface area contributed by atoms with Gasteiger partial charge in [0.2, 0.25) is 0 Å². The highest BCUT2D eigenvalue weighted by Gasteiger charge is 2.15. The van der Waals surface area contributed by atoms with Gasteiger partial charge in [0, 0.05) is 0 Å². The van der Waals surface area contributed by atoms with E-state index >= 15 is 0 Å². The third-order valence-corrected chi connectivity index (χ3v) is 2.56. The molecule has 6 nitrogen and oxygen atoms in total. The van der Waals surface area contributed by atoms with Crippen molar-refractivity contribution in [2.75, 3.05) is 13.7 Å². The van der Waals surface area contributed by atoms with Crippen LogP contribution in [0.1, 0.15) is 31.9 Å². The maximum absolute atomic E-state index is 11.5. The first-order valence-electron chi connectivity index (χ1n) is 7.05. The van der Waals surface area contributed by atoms with Crippen molar-refractivity contribution in [3.05, 3.63) is 29.3 Å². The number of aliphatic carboxylic acids is 1. The number of hydrogen-bond donors (Lipinski definition) is 2. The smallest absolute Gasteiger partial charge is 0.408 e. The lowest BCUT2D eigenvalue weighted by Gasteiger charge is -2.19. The summed E-state index contributed by atoms with van der Waals surface area (Å²) in [5, 5.41) is 11.3. The lowest BCUT2D eigenvalue weighted by atomic mass is 10.1. The number of carbonyl (C=O) groups excluding carboxylic acids is 1. The Morgan fingerprint density at radius 1 is 1.30 bits per heavy atom. The van der Waals surface area contributed by atoms with Gasteiger partial charge in [-0.15, -0.1) is 0 Å². The minimum absolute atomic E-state index is 0.0885. The molecule has 6 heteroatoms. The van der Waals surface area contributed by atoms with Gasteiger partial charge < -0.3 is 19.9 Å². The summed E-state index contributed by atoms with van der Waals surface area (Å²) in [5.74, 6) is 5.27. The summed E-state index contributed by atoms with van der Waals surface area (Å²) < 4.78 is 10.3. The van der Waals surface area contributed by atoms with E-state index in [4.69, 9.17) is 14.6 Å². The zero-order valence-corrected chi connectivity index (χ0v) is 13.7. The Morgan fingerprint density at radius 2 is 2.00 bits per heavy atom. The molecule has 0 fully saturated rings. The van der Waals surface area contributed by atoms with E-state index in [-0.39, 0.29) is 13.0 Å². The highest BCUT2D eigenvalue weighted by Crippen LogP contribution is 2.19. The summed E-state index contributed by atoms with van der Waals surface area (Å²) in [4.78, 5) is 22.2. The summed E-state index contributed by atoms with van der Waals surface area (Å²) in [5.41, 5.74) is 0.631. The van der Waals surface area contributed by atoms with Crippen molar-refractivity contribution in [2.45, 2.75) is 32.8 Å². The van der Waals surface area contributed by atoms with Crippen molar-refractivity contribution in [3.63, 3.8) is 0 Å². The second kappa shape index (κ2) is 8.08. The van der Waals surface area contributed by atoms with Gasteiger partial charge in [-0.2, -0.15) is 0 Å². The molecular formula is C17H21NO5. The molecule has 124 valence electrons. The first-order valence-corrected chi connectivity index (χ1v) is 7.05. The molecular weight excluding hydrogens is 298 g/mol. The molecule has 23 heavy (non-hydrogen) atoms. The lowest BCUT2D eigenvalue weighted by molar-refractivity contribution is -0.136. The largest absolute Gasteiger partial charge is 0.495 e. The van der Waals surface area contributed by atoms with Crippen LogP contribution < -0.4 is 10.1 Å². The van der Waals surface area contributed by atoms with Crippen LogP contribution >= 0.6 is 0 Å². The quantitative estimate of drug-likeness (QED) is 0.831. The van der Waals surface area contributed by atoms with Crippen LogP contribution in [-0.2, 0) is 16.0 Å². The zero-order chi connectivity index (χ0) is 17.5. The molecule has 0 aliphatic rings. The minimum atomic E-state index is -0.916. The van der Waals surface area contributed by atoms with Gasteiger partial charge in [-0.25, -0.2) is 4.79 Å². The highest BCUT2D eigenvalue weighted by atomic mass is 16.6. The molecule has 0 aliphatic carbocycles. The van der Waals surface area contributed by atoms with Crippen LogP contribution in [-0.4, -0.2) is 36.4 Å². The van der Waals surface area contributed by atoms with Gasteiger partial charge in [-0.1, -0.05) is 17.9 Å². The van der Waals surface area contributed by atoms with E-state index in [1.165, 1.54) is 7.11 Å². The van der Waals surface area contributed by atoms with Crippen molar-refractivity contribution in [3.8, 4) is 17.6 Å². The molecule has 0 aliphatic heterocycles. The number of carboxylic acid groups (broad SMARTS) is 1. The predicted molar refractivity (Wildman–Crippen MR) is 85.4 cm³/mol. The molecule has 0 saturated heterocycles. The van der Waals surface area contributed by atoms with Crippen molar-refractivity contribution < 1.29 is 24.2 Å². The van der Waals surface area contributed by atoms with Gasteiger partial charge in [0.05, 0.1) is 25.6 Å². The number of rotatable bonds is 4. The van der Waals surface area contributed by atoms with E-state index in [0.717, 1.165) is 0 Å². The third-order valence-electron chi connectivity index (χ3n) is 2.56. The van der Waals surface area contributed by atoms with E-state index in [1.54, 1.807) is 39.0 Å². The first kappa shape index (κ1) is 18.4. The van der Waals surface area contributed by atoms with Crippen LogP contribution in [0.15, 0.2) is 18.2 Å². The fourth-order valence-electron chi connectivity index (χ4n) is 1.71. The van der Waals surface area contributed by atoms with Crippen molar-refractivity contribution >= 4 is 12.1 Å². The molecule has 0 radical (unpaired) electrons. The van der Waals surface area contributed by atoms with Crippen molar-refractivity contribution in [1.29, 1.82) is 0 Å². The molecule has 1 aromatic carbocycles. The summed E-state index contributed by atoms with van der Waals surface area (Å²) in [7, 11) is 1.51. The standard InChI is InChI=1S/C17H21NO5/c1-17(2,3)23-16(21)18-9-5-6-13-10-12(11-15(19)20)7-8-14(13)22-4/h7-8,10H,9,11H2,1-4H3,(H,18,21)(H,19,20). The molecule has 0 heterocycles. The van der Waals surface area contributed by atoms with Gasteiger partial charge in [-0.3, -0.25) is 4.79 Å². The van der Waals surface area contributed by atoms with Crippen LogP contribution in [0, 0.1) is 11.8 Å². The lowest BCUT2D eigenvalue weighted by Crippen LogP contribution is -2.32. The molecule has 1 amide bonds. The van der Waals surface area contributed by atoms with Crippen LogP contribution in [0.25, 0.3) is 0 Å². The fourth-order valence-corrected chi connectivity index (χ4v) is 1.71. The Morgan fingerprint density at radius 3 is 2.57 bits per heavy atom. The van der Waals surface area contributed by atoms with Crippen LogP contribution in [0.4, 0.5) is 4.79 Å². The summed E-state index contributed by atoms with van der Waals surface area (Å²) in [6.45, 7) is 5.44. The Balaban J connectivity index is 2.72. The number of alkyl carbamates (subject to hydrolysis) is 1. The third kappa shape index (κ3) is 7.23. The fraction of sp³-hybridized carbons (Fsp3) is 0.412. The number of amides is 1. The van der Waals surface area contributed by atoms with Gasteiger partial charge in [0.25, 0.3) is 0 Å². The van der Waals surface area contributed by atoms with Gasteiger partial charge in [0.1, 0.15) is 11.4 Å². The number of carbonyl (C=O) groups is 2. The number of nitrogens with one attached hydrogen (secondary N) is 1. The van der Waals surface area contributed by atoms with E-state index in [2.05, 4.69) is 17.2 Å². The molecule has 0 unspecified atom stereocenters. The summed E-state index contributed by atoms with van der Waals surface area (Å²) >= 11 is 0. The summed E-state index contributed by atoms with van der Waals surface area (Å²) in [6, 6.07) is 5.01. The number of carboxylic acids is 1. The van der Waals surface area contributed by atoms with E-state index in [1.807, 2.05) is 0 Å². The van der Waals surface area contributed by atoms with Crippen LogP contribution in [0.5, 0.6) is 5.75 Å². The van der Waals surface area contributed by atoms with Gasteiger partial charge >= 0.3 is 12.1 Å². The van der Waals surface area contributed by atoms with E-state index in [0.29, 0.717) is 16.9 Å². The molecule has 0 bridgehead atoms. The average molecular weight is 319 g/mol. The molecule has 1 aromatic rings. The van der Waals surface area contributed by atoms with Crippen LogP contribution in [0.2, 0.25) is 0 Å². The van der Waals surface area contributed by atoms with Crippen molar-refractivity contribution in [1.82, 2.24) is 5.32 Å². The molecule has 1 rings (SSSR count). The maximum atomic E-state index is 11.5. The molecule has 0 aromatic heterocycles. The monoisotopic (exact) mass is 319 g/mol. The number of ether oxygens (including phenoxy) is 2. The second-order valence-corrected chi connectivity index (χ2v) is 5.76. The van der Waals surface area contributed by atoms with Crippen LogP contribution in [0.3, 0.4) is 0 Å². The van der Waals surface area contributed by atoms with E-state index in [9.17, 15) is 9.59 Å². The van der Waals surface area contributed by atoms with Crippen molar-refractivity contribution in [2.24, 2.45) is 0 Å². The predicted octanol–water partition coefficient (Wildman–Crippen LogP) is 2.20. The number of hydrogen-bond acceptors (Lipinski definition) is 4. The zero-order valence-electron chi connectivity index (χ0n) is 13.7. The first-order chi connectivity index (χ1) is 10.7. The Labute approximate surface area is 135 Å². The Hall–Kier alpha value is -2.68. The van der Waals surface area contributed by atoms with E-state index < -0.39 is 17.7 Å². The molecule has 0 atom stereocenters. The summed E-state index contributed by atoms with van der Waals surface area (Å²) in [6.07, 6.45) is -0.632. The highest BCUT2D eigenvalue weighted by molar-refractivity contribution is 5.70. The Kier molecular flexibility index (Phi) is 6.46. The molecule has 2 N–H and O–H groups in total. The number of benzene rings is 1. The average Bonchev–Trinajstić information content (AvgIpc) is 2.41. The second-order valence-electron chi connectivity index (χ2n) is 5.76. The molecule has 0 saturated carbocycles. The normalized spacial score (nSPS) is 10.3. The SMILES string of the molecule is COc1ccc(CC(=O)O)cc1C#CCNC(=O)OC(C)(C)C. The van der Waals surface area contributed by atoms with Gasteiger partial charge in [-0.05, 0) is 38.5 Å². The topological polar surface area (TPSA) is 84.9 Å². The molecule has 0 spiro atoms. The Bertz CT molecular complexity index is 635.